The number of hydrogen-bond donors (Lipinski definition) is 2. The Hall–Kier alpha value is -1.62. The normalized spacial score (nSPS) is 18.8. The van der Waals surface area contributed by atoms with Crippen molar-refractivity contribution in [3.63, 3.8) is 0 Å². The van der Waals surface area contributed by atoms with Gasteiger partial charge in [-0.2, -0.15) is 0 Å². The molecule has 1 unspecified atom stereocenters. The number of rotatable bonds is 5. The smallest absolute Gasteiger partial charge is 0.256 e. The fraction of sp³-hybridized carbons (Fsp3) is 0.538. The molecule has 2 rings (SSSR count). The lowest BCUT2D eigenvalue weighted by atomic mass is 10.2. The topological polar surface area (TPSA) is 67.0 Å². The van der Waals surface area contributed by atoms with Crippen LogP contribution < -0.4 is 10.9 Å². The van der Waals surface area contributed by atoms with E-state index < -0.39 is 0 Å². The average molecular weight is 249 g/mol. The predicted octanol–water partition coefficient (Wildman–Crippen LogP) is 1.40. The van der Waals surface area contributed by atoms with Gasteiger partial charge in [0.25, 0.3) is 5.56 Å². The molecule has 98 valence electrons. The van der Waals surface area contributed by atoms with Crippen LogP contribution in [0.25, 0.3) is 0 Å². The predicted molar refractivity (Wildman–Crippen MR) is 71.0 cm³/mol. The lowest BCUT2D eigenvalue weighted by Crippen LogP contribution is -2.23. The van der Waals surface area contributed by atoms with Crippen LogP contribution in [0.4, 0.5) is 5.95 Å². The molecule has 1 saturated heterocycles. The van der Waals surface area contributed by atoms with E-state index in [0.717, 1.165) is 25.1 Å². The molecule has 1 aromatic rings. The van der Waals surface area contributed by atoms with Crippen molar-refractivity contribution in [2.45, 2.75) is 32.3 Å². The third-order valence-corrected chi connectivity index (χ3v) is 3.09. The number of nitrogens with zero attached hydrogens (tertiary/aromatic N) is 1. The minimum atomic E-state index is -0.0998. The first-order chi connectivity index (χ1) is 8.70. The second-order valence-corrected chi connectivity index (χ2v) is 4.49. The fourth-order valence-electron chi connectivity index (χ4n) is 2.09. The summed E-state index contributed by atoms with van der Waals surface area (Å²) in [5, 5.41) is 3.12. The quantitative estimate of drug-likeness (QED) is 0.774. The molecular weight excluding hydrogens is 230 g/mol. The van der Waals surface area contributed by atoms with Crippen molar-refractivity contribution in [3.8, 4) is 0 Å². The van der Waals surface area contributed by atoms with Crippen molar-refractivity contribution < 1.29 is 4.74 Å². The lowest BCUT2D eigenvalue weighted by Gasteiger charge is -2.12. The molecule has 1 aliphatic heterocycles. The van der Waals surface area contributed by atoms with Gasteiger partial charge in [0.1, 0.15) is 0 Å². The van der Waals surface area contributed by atoms with Crippen LogP contribution in [0.15, 0.2) is 17.4 Å². The first-order valence-corrected chi connectivity index (χ1v) is 6.27. The molecule has 5 nitrogen and oxygen atoms in total. The summed E-state index contributed by atoms with van der Waals surface area (Å²) in [6, 6.07) is 0. The molecule has 2 N–H and O–H groups in total. The summed E-state index contributed by atoms with van der Waals surface area (Å²) in [4.78, 5) is 18.9. The number of anilines is 1. The molecule has 0 aliphatic carbocycles. The van der Waals surface area contributed by atoms with Crippen LogP contribution in [-0.2, 0) is 11.2 Å². The molecule has 0 spiro atoms. The number of hydrogen-bond acceptors (Lipinski definition) is 4. The van der Waals surface area contributed by atoms with Crippen molar-refractivity contribution in [3.05, 3.63) is 34.3 Å². The number of H-pyrrole nitrogens is 1. The van der Waals surface area contributed by atoms with E-state index in [1.165, 1.54) is 0 Å². The van der Waals surface area contributed by atoms with Crippen molar-refractivity contribution in [1.29, 1.82) is 0 Å². The number of nitrogens with one attached hydrogen (secondary N) is 2. The number of allylic oxidation sites excluding steroid dienone is 1. The average Bonchev–Trinajstić information content (AvgIpc) is 2.84. The van der Waals surface area contributed by atoms with Gasteiger partial charge in [-0.25, -0.2) is 4.98 Å². The zero-order valence-electron chi connectivity index (χ0n) is 10.7. The number of aromatic nitrogens is 2. The summed E-state index contributed by atoms with van der Waals surface area (Å²) in [5.41, 5.74) is 1.32. The van der Waals surface area contributed by atoms with Crippen LogP contribution in [0.3, 0.4) is 0 Å². The largest absolute Gasteiger partial charge is 0.376 e. The lowest BCUT2D eigenvalue weighted by molar-refractivity contribution is 0.120. The maximum absolute atomic E-state index is 11.8. The van der Waals surface area contributed by atoms with Crippen molar-refractivity contribution in [1.82, 2.24) is 9.97 Å². The SMILES string of the molecule is C=CCc1c(C)nc(NCC2CCCO2)[nH]c1=O. The van der Waals surface area contributed by atoms with Gasteiger partial charge in [-0.3, -0.25) is 9.78 Å². The van der Waals surface area contributed by atoms with E-state index in [9.17, 15) is 4.79 Å². The fourth-order valence-corrected chi connectivity index (χ4v) is 2.09. The number of aromatic amines is 1. The highest BCUT2D eigenvalue weighted by atomic mass is 16.5. The van der Waals surface area contributed by atoms with Gasteiger partial charge in [0.2, 0.25) is 5.95 Å². The number of ether oxygens (including phenoxy) is 1. The highest BCUT2D eigenvalue weighted by Crippen LogP contribution is 2.12. The van der Waals surface area contributed by atoms with Crippen LogP contribution in [0.2, 0.25) is 0 Å². The van der Waals surface area contributed by atoms with Crippen LogP contribution >= 0.6 is 0 Å². The monoisotopic (exact) mass is 249 g/mol. The van der Waals surface area contributed by atoms with E-state index in [1.807, 2.05) is 6.92 Å². The highest BCUT2D eigenvalue weighted by molar-refractivity contribution is 5.30. The van der Waals surface area contributed by atoms with E-state index in [2.05, 4.69) is 21.9 Å². The summed E-state index contributed by atoms with van der Waals surface area (Å²) in [5.74, 6) is 0.515. The molecule has 0 aromatic carbocycles. The van der Waals surface area contributed by atoms with Crippen molar-refractivity contribution in [2.75, 3.05) is 18.5 Å². The molecule has 18 heavy (non-hydrogen) atoms. The van der Waals surface area contributed by atoms with E-state index in [4.69, 9.17) is 4.74 Å². The third kappa shape index (κ3) is 2.98. The Balaban J connectivity index is 2.05. The molecule has 1 atom stereocenters. The molecule has 2 heterocycles. The molecule has 1 aromatic heterocycles. The van der Waals surface area contributed by atoms with Crippen LogP contribution in [0.5, 0.6) is 0 Å². The van der Waals surface area contributed by atoms with E-state index in [-0.39, 0.29) is 11.7 Å². The van der Waals surface area contributed by atoms with Gasteiger partial charge in [0.15, 0.2) is 0 Å². The Morgan fingerprint density at radius 2 is 2.50 bits per heavy atom. The maximum atomic E-state index is 11.8. The first kappa shape index (κ1) is 12.8. The summed E-state index contributed by atoms with van der Waals surface area (Å²) < 4.78 is 5.50. The zero-order chi connectivity index (χ0) is 13.0. The molecule has 0 saturated carbocycles. The highest BCUT2D eigenvalue weighted by Gasteiger charge is 2.15. The van der Waals surface area contributed by atoms with Gasteiger partial charge in [0, 0.05) is 18.7 Å². The van der Waals surface area contributed by atoms with E-state index >= 15 is 0 Å². The second-order valence-electron chi connectivity index (χ2n) is 4.49. The Bertz CT molecular complexity index is 476. The summed E-state index contributed by atoms with van der Waals surface area (Å²) >= 11 is 0. The van der Waals surface area contributed by atoms with Crippen LogP contribution in [0, 0.1) is 6.92 Å². The Morgan fingerprint density at radius 1 is 1.67 bits per heavy atom. The van der Waals surface area contributed by atoms with Crippen LogP contribution in [0.1, 0.15) is 24.1 Å². The molecule has 1 aliphatic rings. The second kappa shape index (κ2) is 5.82. The molecule has 0 amide bonds. The molecule has 0 bridgehead atoms. The standard InChI is InChI=1S/C13H19N3O2/c1-3-5-11-9(2)15-13(16-12(11)17)14-8-10-6-4-7-18-10/h3,10H,1,4-8H2,2H3,(H2,14,15,16,17). The van der Waals surface area contributed by atoms with Crippen molar-refractivity contribution >= 4 is 5.95 Å². The summed E-state index contributed by atoms with van der Waals surface area (Å²) in [6.45, 7) is 6.99. The van der Waals surface area contributed by atoms with E-state index in [0.29, 0.717) is 24.5 Å². The Kier molecular flexibility index (Phi) is 4.15. The zero-order valence-corrected chi connectivity index (χ0v) is 10.7. The van der Waals surface area contributed by atoms with E-state index in [1.54, 1.807) is 6.08 Å². The Labute approximate surface area is 106 Å². The summed E-state index contributed by atoms with van der Waals surface area (Å²) in [7, 11) is 0. The maximum Gasteiger partial charge on any atom is 0.256 e. The van der Waals surface area contributed by atoms with Gasteiger partial charge < -0.3 is 10.1 Å². The van der Waals surface area contributed by atoms with Gasteiger partial charge >= 0.3 is 0 Å². The molecule has 5 heteroatoms. The van der Waals surface area contributed by atoms with Gasteiger partial charge in [-0.15, -0.1) is 6.58 Å². The minimum absolute atomic E-state index is 0.0998. The Morgan fingerprint density at radius 3 is 3.11 bits per heavy atom. The minimum Gasteiger partial charge on any atom is -0.376 e. The van der Waals surface area contributed by atoms with Gasteiger partial charge in [-0.05, 0) is 26.2 Å². The molecule has 1 fully saturated rings. The van der Waals surface area contributed by atoms with Gasteiger partial charge in [-0.1, -0.05) is 6.08 Å². The van der Waals surface area contributed by atoms with Crippen LogP contribution in [-0.4, -0.2) is 29.2 Å². The van der Waals surface area contributed by atoms with Crippen molar-refractivity contribution in [2.24, 2.45) is 0 Å². The first-order valence-electron chi connectivity index (χ1n) is 6.27. The third-order valence-electron chi connectivity index (χ3n) is 3.09. The molecular formula is C13H19N3O2. The molecule has 0 radical (unpaired) electrons. The van der Waals surface area contributed by atoms with Gasteiger partial charge in [0.05, 0.1) is 11.8 Å². The number of aryl methyl sites for hydroxylation is 1. The summed E-state index contributed by atoms with van der Waals surface area (Å²) in [6.07, 6.45) is 4.64.